The molecule has 4 heteroatoms. The highest BCUT2D eigenvalue weighted by atomic mass is 19.1. The summed E-state index contributed by atoms with van der Waals surface area (Å²) in [7, 11) is 0. The molecule has 110 valence electrons. The van der Waals surface area contributed by atoms with Crippen LogP contribution >= 0.6 is 0 Å². The third-order valence-electron chi connectivity index (χ3n) is 4.12. The largest absolute Gasteiger partial charge is 0.336 e. The molecule has 1 aromatic carbocycles. The molecule has 1 aromatic rings. The Kier molecular flexibility index (Phi) is 4.76. The highest BCUT2D eigenvalue weighted by Crippen LogP contribution is 2.33. The maximum Gasteiger partial charge on any atom is 0.224 e. The SMILES string of the molecule is CCN(C(=O)CC(N)C1CC1)C(C)c1ccc(F)cc1. The first kappa shape index (κ1) is 15.0. The lowest BCUT2D eigenvalue weighted by molar-refractivity contribution is -0.133. The zero-order valence-corrected chi connectivity index (χ0v) is 12.2. The molecule has 1 aliphatic rings. The lowest BCUT2D eigenvalue weighted by Crippen LogP contribution is -2.38. The van der Waals surface area contributed by atoms with Crippen LogP contribution < -0.4 is 5.73 Å². The number of carbonyl (C=O) groups excluding carboxylic acids is 1. The molecule has 0 heterocycles. The van der Waals surface area contributed by atoms with Gasteiger partial charge in [-0.05, 0) is 50.3 Å². The van der Waals surface area contributed by atoms with Gasteiger partial charge in [0.2, 0.25) is 5.91 Å². The normalized spacial score (nSPS) is 17.6. The average molecular weight is 278 g/mol. The summed E-state index contributed by atoms with van der Waals surface area (Å²) in [5.41, 5.74) is 6.98. The summed E-state index contributed by atoms with van der Waals surface area (Å²) >= 11 is 0. The standard InChI is InChI=1S/C16H23FN2O/c1-3-19(16(20)10-15(18)13-4-5-13)11(2)12-6-8-14(17)9-7-12/h6-9,11,13,15H,3-5,10,18H2,1-2H3. The van der Waals surface area contributed by atoms with Crippen molar-refractivity contribution in [2.75, 3.05) is 6.54 Å². The van der Waals surface area contributed by atoms with Gasteiger partial charge in [0.1, 0.15) is 5.82 Å². The fourth-order valence-electron chi connectivity index (χ4n) is 2.60. The number of hydrogen-bond acceptors (Lipinski definition) is 2. The molecular weight excluding hydrogens is 255 g/mol. The molecule has 2 N–H and O–H groups in total. The predicted octanol–water partition coefficient (Wildman–Crippen LogP) is 2.86. The molecule has 2 unspecified atom stereocenters. The number of rotatable bonds is 6. The molecule has 20 heavy (non-hydrogen) atoms. The Hall–Kier alpha value is -1.42. The van der Waals surface area contributed by atoms with Gasteiger partial charge < -0.3 is 10.6 Å². The van der Waals surface area contributed by atoms with E-state index < -0.39 is 0 Å². The number of carbonyl (C=O) groups is 1. The molecular formula is C16H23FN2O. The summed E-state index contributed by atoms with van der Waals surface area (Å²) in [6.07, 6.45) is 2.70. The maximum absolute atomic E-state index is 13.0. The Labute approximate surface area is 120 Å². The molecule has 1 aliphatic carbocycles. The highest BCUT2D eigenvalue weighted by molar-refractivity contribution is 5.77. The van der Waals surface area contributed by atoms with E-state index in [-0.39, 0.29) is 23.8 Å². The second-order valence-corrected chi connectivity index (χ2v) is 5.61. The van der Waals surface area contributed by atoms with Gasteiger partial charge >= 0.3 is 0 Å². The number of hydrogen-bond donors (Lipinski definition) is 1. The molecule has 0 spiro atoms. The monoisotopic (exact) mass is 278 g/mol. The minimum absolute atomic E-state index is 0.0167. The second-order valence-electron chi connectivity index (χ2n) is 5.61. The van der Waals surface area contributed by atoms with Crippen molar-refractivity contribution in [1.29, 1.82) is 0 Å². The van der Waals surface area contributed by atoms with Gasteiger partial charge in [-0.25, -0.2) is 4.39 Å². The van der Waals surface area contributed by atoms with Crippen LogP contribution in [-0.4, -0.2) is 23.4 Å². The van der Waals surface area contributed by atoms with Crippen molar-refractivity contribution in [2.24, 2.45) is 11.7 Å². The van der Waals surface area contributed by atoms with Crippen molar-refractivity contribution in [3.8, 4) is 0 Å². The average Bonchev–Trinajstić information content (AvgIpc) is 3.24. The van der Waals surface area contributed by atoms with Crippen LogP contribution in [0.15, 0.2) is 24.3 Å². The van der Waals surface area contributed by atoms with Crippen LogP contribution in [0.3, 0.4) is 0 Å². The zero-order chi connectivity index (χ0) is 14.7. The van der Waals surface area contributed by atoms with Gasteiger partial charge in [-0.1, -0.05) is 12.1 Å². The predicted molar refractivity (Wildman–Crippen MR) is 77.5 cm³/mol. The number of nitrogens with zero attached hydrogens (tertiary/aromatic N) is 1. The highest BCUT2D eigenvalue weighted by Gasteiger charge is 2.31. The molecule has 1 fully saturated rings. The van der Waals surface area contributed by atoms with Crippen molar-refractivity contribution in [2.45, 2.75) is 45.2 Å². The van der Waals surface area contributed by atoms with Gasteiger partial charge in [0.05, 0.1) is 6.04 Å². The van der Waals surface area contributed by atoms with Gasteiger partial charge in [0.15, 0.2) is 0 Å². The fourth-order valence-corrected chi connectivity index (χ4v) is 2.60. The van der Waals surface area contributed by atoms with E-state index >= 15 is 0 Å². The summed E-state index contributed by atoms with van der Waals surface area (Å²) in [5, 5.41) is 0. The van der Waals surface area contributed by atoms with Crippen LogP contribution in [0.4, 0.5) is 4.39 Å². The summed E-state index contributed by atoms with van der Waals surface area (Å²) in [4.78, 5) is 14.2. The van der Waals surface area contributed by atoms with Gasteiger partial charge in [0.25, 0.3) is 0 Å². The Balaban J connectivity index is 2.02. The first-order valence-electron chi connectivity index (χ1n) is 7.33. The van der Waals surface area contributed by atoms with E-state index in [1.54, 1.807) is 12.1 Å². The third-order valence-corrected chi connectivity index (χ3v) is 4.12. The molecule has 0 aliphatic heterocycles. The third kappa shape index (κ3) is 3.57. The fraction of sp³-hybridized carbons (Fsp3) is 0.562. The Morgan fingerprint density at radius 2 is 2.00 bits per heavy atom. The first-order chi connectivity index (χ1) is 9.52. The molecule has 0 aromatic heterocycles. The van der Waals surface area contributed by atoms with Crippen LogP contribution in [0.25, 0.3) is 0 Å². The number of benzene rings is 1. The zero-order valence-electron chi connectivity index (χ0n) is 12.2. The molecule has 1 saturated carbocycles. The van der Waals surface area contributed by atoms with Crippen molar-refractivity contribution in [3.05, 3.63) is 35.6 Å². The second kappa shape index (κ2) is 6.35. The van der Waals surface area contributed by atoms with E-state index in [0.29, 0.717) is 18.9 Å². The van der Waals surface area contributed by atoms with E-state index in [1.807, 2.05) is 18.7 Å². The number of amides is 1. The summed E-state index contributed by atoms with van der Waals surface area (Å²) in [6.45, 7) is 4.56. The minimum atomic E-state index is -0.258. The molecule has 3 nitrogen and oxygen atoms in total. The van der Waals surface area contributed by atoms with Gasteiger partial charge in [-0.15, -0.1) is 0 Å². The topological polar surface area (TPSA) is 46.3 Å². The van der Waals surface area contributed by atoms with Crippen LogP contribution in [-0.2, 0) is 4.79 Å². The smallest absolute Gasteiger partial charge is 0.224 e. The van der Waals surface area contributed by atoms with E-state index in [4.69, 9.17) is 5.73 Å². The maximum atomic E-state index is 13.0. The molecule has 1 amide bonds. The van der Waals surface area contributed by atoms with Crippen LogP contribution in [0.5, 0.6) is 0 Å². The van der Waals surface area contributed by atoms with E-state index in [2.05, 4.69) is 0 Å². The quantitative estimate of drug-likeness (QED) is 0.869. The van der Waals surface area contributed by atoms with E-state index in [0.717, 1.165) is 18.4 Å². The van der Waals surface area contributed by atoms with Gasteiger partial charge in [-0.2, -0.15) is 0 Å². The molecule has 0 bridgehead atoms. The van der Waals surface area contributed by atoms with Crippen molar-refractivity contribution >= 4 is 5.91 Å². The van der Waals surface area contributed by atoms with E-state index in [1.165, 1.54) is 12.1 Å². The Bertz CT molecular complexity index is 456. The van der Waals surface area contributed by atoms with E-state index in [9.17, 15) is 9.18 Å². The molecule has 2 rings (SSSR count). The Morgan fingerprint density at radius 1 is 1.40 bits per heavy atom. The Morgan fingerprint density at radius 3 is 2.50 bits per heavy atom. The van der Waals surface area contributed by atoms with Gasteiger partial charge in [0, 0.05) is 19.0 Å². The lowest BCUT2D eigenvalue weighted by Gasteiger charge is -2.29. The van der Waals surface area contributed by atoms with Crippen molar-refractivity contribution in [1.82, 2.24) is 4.90 Å². The molecule has 2 atom stereocenters. The molecule has 0 radical (unpaired) electrons. The van der Waals surface area contributed by atoms with Crippen molar-refractivity contribution in [3.63, 3.8) is 0 Å². The number of halogens is 1. The summed E-state index contributed by atoms with van der Waals surface area (Å²) in [5.74, 6) is 0.355. The first-order valence-corrected chi connectivity index (χ1v) is 7.33. The van der Waals surface area contributed by atoms with Crippen molar-refractivity contribution < 1.29 is 9.18 Å². The number of nitrogens with two attached hydrogens (primary N) is 1. The summed E-state index contributed by atoms with van der Waals surface area (Å²) < 4.78 is 13.0. The van der Waals surface area contributed by atoms with Crippen LogP contribution in [0.2, 0.25) is 0 Å². The van der Waals surface area contributed by atoms with Gasteiger partial charge in [-0.3, -0.25) is 4.79 Å². The summed E-state index contributed by atoms with van der Waals surface area (Å²) in [6, 6.07) is 6.25. The minimum Gasteiger partial charge on any atom is -0.336 e. The molecule has 0 saturated heterocycles. The van der Waals surface area contributed by atoms with Crippen LogP contribution in [0, 0.1) is 11.7 Å². The lowest BCUT2D eigenvalue weighted by atomic mass is 10.0. The van der Waals surface area contributed by atoms with Crippen LogP contribution in [0.1, 0.15) is 44.7 Å².